The van der Waals surface area contributed by atoms with Crippen molar-refractivity contribution in [1.29, 1.82) is 0 Å². The topological polar surface area (TPSA) is 101 Å². The van der Waals surface area contributed by atoms with E-state index < -0.39 is 16.8 Å². The summed E-state index contributed by atoms with van der Waals surface area (Å²) in [6.45, 7) is 22.5. The normalized spacial score (nSPS) is 18.4. The first-order valence-electron chi connectivity index (χ1n) is 13.5. The Morgan fingerprint density at radius 1 is 0.595 bits per heavy atom. The zero-order chi connectivity index (χ0) is 28.3. The number of hydrogen-bond acceptors (Lipinski definition) is 10. The molecule has 1 aliphatic heterocycles. The van der Waals surface area contributed by atoms with E-state index in [0.717, 1.165) is 6.42 Å². The Kier molecular flexibility index (Phi) is 13.5. The highest BCUT2D eigenvalue weighted by atomic mass is 16.6. The Hall–Kier alpha value is -1.75. The molecule has 1 saturated heterocycles. The van der Waals surface area contributed by atoms with Crippen LogP contribution in [0.3, 0.4) is 0 Å². The number of ether oxygens (including phenoxy) is 3. The Labute approximate surface area is 224 Å². The van der Waals surface area contributed by atoms with E-state index in [-0.39, 0.29) is 37.5 Å². The number of nitrogens with one attached hydrogen (secondary N) is 1. The molecule has 1 aliphatic rings. The van der Waals surface area contributed by atoms with Crippen LogP contribution in [0.4, 0.5) is 0 Å². The van der Waals surface area contributed by atoms with Gasteiger partial charge >= 0.3 is 17.9 Å². The van der Waals surface area contributed by atoms with Gasteiger partial charge in [0.05, 0.1) is 19.6 Å². The zero-order valence-corrected chi connectivity index (χ0v) is 24.8. The standard InChI is InChI=1S/C27H52N4O6/c1-10-27(8,9)37-24(34)21-30-14-12-28-11-13-29(19-22(32)35-25(2,3)4)15-17-31(18-16-30)20-23(33)36-26(5,6)7/h28H,10-21H2,1-9H3. The zero-order valence-electron chi connectivity index (χ0n) is 24.8. The van der Waals surface area contributed by atoms with Crippen molar-refractivity contribution in [3.8, 4) is 0 Å². The van der Waals surface area contributed by atoms with Crippen LogP contribution in [0.1, 0.15) is 68.7 Å². The Morgan fingerprint density at radius 3 is 1.24 bits per heavy atom. The summed E-state index contributed by atoms with van der Waals surface area (Å²) in [5, 5.41) is 3.41. The lowest BCUT2D eigenvalue weighted by atomic mass is 10.1. The molecule has 0 amide bonds. The molecule has 0 radical (unpaired) electrons. The lowest BCUT2D eigenvalue weighted by Gasteiger charge is -2.32. The van der Waals surface area contributed by atoms with Crippen LogP contribution in [0, 0.1) is 0 Å². The van der Waals surface area contributed by atoms with Crippen molar-refractivity contribution in [1.82, 2.24) is 20.0 Å². The summed E-state index contributed by atoms with van der Waals surface area (Å²) in [6.07, 6.45) is 0.740. The average Bonchev–Trinajstić information content (AvgIpc) is 2.70. The molecule has 0 bridgehead atoms. The number of esters is 3. The molecule has 37 heavy (non-hydrogen) atoms. The van der Waals surface area contributed by atoms with Gasteiger partial charge in [-0.1, -0.05) is 6.92 Å². The maximum atomic E-state index is 12.6. The summed E-state index contributed by atoms with van der Waals surface area (Å²) in [7, 11) is 0. The molecule has 1 rings (SSSR count). The number of carbonyl (C=O) groups excluding carboxylic acids is 3. The molecule has 216 valence electrons. The minimum atomic E-state index is -0.570. The summed E-state index contributed by atoms with van der Waals surface area (Å²) in [6, 6.07) is 0. The van der Waals surface area contributed by atoms with Gasteiger partial charge in [-0.3, -0.25) is 29.1 Å². The van der Waals surface area contributed by atoms with Gasteiger partial charge in [0.2, 0.25) is 0 Å². The highest BCUT2D eigenvalue weighted by Crippen LogP contribution is 2.14. The molecule has 0 unspecified atom stereocenters. The molecule has 1 heterocycles. The summed E-state index contributed by atoms with van der Waals surface area (Å²) in [5.41, 5.74) is -1.61. The molecular formula is C27H52N4O6. The van der Waals surface area contributed by atoms with Gasteiger partial charge in [-0.15, -0.1) is 0 Å². The van der Waals surface area contributed by atoms with Crippen molar-refractivity contribution in [3.05, 3.63) is 0 Å². The molecule has 1 fully saturated rings. The maximum absolute atomic E-state index is 12.6. The lowest BCUT2D eigenvalue weighted by molar-refractivity contribution is -0.159. The van der Waals surface area contributed by atoms with Crippen molar-refractivity contribution in [2.45, 2.75) is 85.5 Å². The average molecular weight is 529 g/mol. The first-order chi connectivity index (χ1) is 17.0. The van der Waals surface area contributed by atoms with Crippen LogP contribution in [-0.4, -0.2) is 121 Å². The lowest BCUT2D eigenvalue weighted by Crippen LogP contribution is -2.48. The van der Waals surface area contributed by atoms with Crippen molar-refractivity contribution >= 4 is 17.9 Å². The van der Waals surface area contributed by atoms with Gasteiger partial charge in [0.15, 0.2) is 0 Å². The molecule has 0 atom stereocenters. The summed E-state index contributed by atoms with van der Waals surface area (Å²) in [5.74, 6) is -0.810. The van der Waals surface area contributed by atoms with Gasteiger partial charge in [0, 0.05) is 52.4 Å². The minimum Gasteiger partial charge on any atom is -0.459 e. The second-order valence-corrected chi connectivity index (χ2v) is 12.3. The van der Waals surface area contributed by atoms with Crippen LogP contribution >= 0.6 is 0 Å². The van der Waals surface area contributed by atoms with E-state index in [0.29, 0.717) is 52.4 Å². The molecule has 1 N–H and O–H groups in total. The van der Waals surface area contributed by atoms with Gasteiger partial charge < -0.3 is 19.5 Å². The van der Waals surface area contributed by atoms with Crippen molar-refractivity contribution in [2.24, 2.45) is 0 Å². The van der Waals surface area contributed by atoms with E-state index in [1.54, 1.807) is 0 Å². The second kappa shape index (κ2) is 15.0. The van der Waals surface area contributed by atoms with E-state index in [1.165, 1.54) is 0 Å². The van der Waals surface area contributed by atoms with E-state index in [9.17, 15) is 14.4 Å². The van der Waals surface area contributed by atoms with E-state index >= 15 is 0 Å². The van der Waals surface area contributed by atoms with Gasteiger partial charge in [-0.2, -0.15) is 0 Å². The largest absolute Gasteiger partial charge is 0.459 e. The Bertz CT molecular complexity index is 729. The monoisotopic (exact) mass is 528 g/mol. The van der Waals surface area contributed by atoms with Crippen molar-refractivity contribution in [3.63, 3.8) is 0 Å². The highest BCUT2D eigenvalue weighted by molar-refractivity contribution is 5.73. The summed E-state index contributed by atoms with van der Waals surface area (Å²) < 4.78 is 16.7. The molecule has 0 saturated carbocycles. The van der Waals surface area contributed by atoms with Gasteiger partial charge in [0.1, 0.15) is 16.8 Å². The number of carbonyl (C=O) groups is 3. The fourth-order valence-electron chi connectivity index (χ4n) is 3.68. The quantitative estimate of drug-likeness (QED) is 0.371. The molecular weight excluding hydrogens is 476 g/mol. The third kappa shape index (κ3) is 16.7. The fourth-order valence-corrected chi connectivity index (χ4v) is 3.68. The highest BCUT2D eigenvalue weighted by Gasteiger charge is 2.25. The van der Waals surface area contributed by atoms with E-state index in [2.05, 4.69) is 10.2 Å². The van der Waals surface area contributed by atoms with Crippen molar-refractivity contribution in [2.75, 3.05) is 72.0 Å². The number of rotatable bonds is 8. The Balaban J connectivity index is 2.90. The summed E-state index contributed by atoms with van der Waals surface area (Å²) in [4.78, 5) is 43.8. The number of nitrogens with zero attached hydrogens (tertiary/aromatic N) is 3. The van der Waals surface area contributed by atoms with Gasteiger partial charge in [-0.25, -0.2) is 0 Å². The smallest absolute Gasteiger partial charge is 0.320 e. The molecule has 0 spiro atoms. The van der Waals surface area contributed by atoms with Crippen LogP contribution in [0.2, 0.25) is 0 Å². The number of hydrogen-bond donors (Lipinski definition) is 1. The van der Waals surface area contributed by atoms with E-state index in [4.69, 9.17) is 14.2 Å². The fraction of sp³-hybridized carbons (Fsp3) is 0.889. The van der Waals surface area contributed by atoms with Crippen LogP contribution in [0.5, 0.6) is 0 Å². The molecule has 10 nitrogen and oxygen atoms in total. The molecule has 0 aromatic heterocycles. The molecule has 0 aliphatic carbocycles. The van der Waals surface area contributed by atoms with Gasteiger partial charge in [0.25, 0.3) is 0 Å². The molecule has 0 aromatic rings. The first-order valence-corrected chi connectivity index (χ1v) is 13.5. The third-order valence-electron chi connectivity index (χ3n) is 5.81. The van der Waals surface area contributed by atoms with E-state index in [1.807, 2.05) is 72.1 Å². The first kappa shape index (κ1) is 33.3. The summed E-state index contributed by atoms with van der Waals surface area (Å²) >= 11 is 0. The predicted octanol–water partition coefficient (Wildman–Crippen LogP) is 1.91. The second-order valence-electron chi connectivity index (χ2n) is 12.3. The molecule has 0 aromatic carbocycles. The van der Waals surface area contributed by atoms with Crippen LogP contribution < -0.4 is 5.32 Å². The predicted molar refractivity (Wildman–Crippen MR) is 144 cm³/mol. The van der Waals surface area contributed by atoms with Gasteiger partial charge in [-0.05, 0) is 61.8 Å². The Morgan fingerprint density at radius 2 is 0.919 bits per heavy atom. The minimum absolute atomic E-state index is 0.136. The molecule has 10 heteroatoms. The van der Waals surface area contributed by atoms with Crippen molar-refractivity contribution < 1.29 is 28.6 Å². The SMILES string of the molecule is CCC(C)(C)OC(=O)CN1CCNCCN(CC(=O)OC(C)(C)C)CCN(CC(=O)OC(C)(C)C)CC1. The van der Waals surface area contributed by atoms with Crippen LogP contribution in [0.15, 0.2) is 0 Å². The maximum Gasteiger partial charge on any atom is 0.320 e. The van der Waals surface area contributed by atoms with Crippen LogP contribution in [0.25, 0.3) is 0 Å². The third-order valence-corrected chi connectivity index (χ3v) is 5.81. The van der Waals surface area contributed by atoms with Crippen LogP contribution in [-0.2, 0) is 28.6 Å².